The van der Waals surface area contributed by atoms with E-state index in [1.54, 1.807) is 27.4 Å². The third kappa shape index (κ3) is 2.78. The van der Waals surface area contributed by atoms with Crippen LogP contribution >= 0.6 is 11.8 Å². The number of nitrogens with one attached hydrogen (secondary N) is 1. The van der Waals surface area contributed by atoms with Crippen LogP contribution in [-0.2, 0) is 4.79 Å². The highest BCUT2D eigenvalue weighted by Crippen LogP contribution is 2.43. The largest absolute Gasteiger partial charge is 0.496 e. The van der Waals surface area contributed by atoms with E-state index in [9.17, 15) is 4.79 Å². The fourth-order valence-electron chi connectivity index (χ4n) is 2.05. The molecule has 0 amide bonds. The first-order valence-electron chi connectivity index (χ1n) is 6.01. The molecule has 0 spiro atoms. The predicted octanol–water partition coefficient (Wildman–Crippen LogP) is 1.50. The Morgan fingerprint density at radius 3 is 2.30 bits per heavy atom. The van der Waals surface area contributed by atoms with Crippen molar-refractivity contribution in [3.8, 4) is 17.2 Å². The van der Waals surface area contributed by atoms with Crippen LogP contribution in [0.5, 0.6) is 17.2 Å². The molecule has 1 aromatic carbocycles. The van der Waals surface area contributed by atoms with Gasteiger partial charge in [0.05, 0.1) is 26.7 Å². The third-order valence-electron chi connectivity index (χ3n) is 3.10. The second-order valence-electron chi connectivity index (χ2n) is 4.22. The van der Waals surface area contributed by atoms with Gasteiger partial charge in [-0.05, 0) is 6.07 Å². The Morgan fingerprint density at radius 1 is 1.20 bits per heavy atom. The normalized spacial score (nSPS) is 21.6. The fourth-order valence-corrected chi connectivity index (χ4v) is 3.30. The quantitative estimate of drug-likeness (QED) is 0.853. The summed E-state index contributed by atoms with van der Waals surface area (Å²) in [7, 11) is 4.68. The lowest BCUT2D eigenvalue weighted by atomic mass is 10.1. The van der Waals surface area contributed by atoms with E-state index in [0.29, 0.717) is 23.0 Å². The maximum absolute atomic E-state index is 11.0. The van der Waals surface area contributed by atoms with E-state index in [2.05, 4.69) is 5.32 Å². The van der Waals surface area contributed by atoms with Gasteiger partial charge >= 0.3 is 5.97 Å². The number of carboxylic acids is 1. The van der Waals surface area contributed by atoms with E-state index in [-0.39, 0.29) is 5.37 Å². The van der Waals surface area contributed by atoms with E-state index in [1.807, 2.05) is 6.07 Å². The molecule has 1 aliphatic heterocycles. The second kappa shape index (κ2) is 6.23. The molecule has 1 saturated heterocycles. The molecule has 1 fully saturated rings. The van der Waals surface area contributed by atoms with Crippen molar-refractivity contribution < 1.29 is 24.1 Å². The lowest BCUT2D eigenvalue weighted by Gasteiger charge is -2.18. The minimum Gasteiger partial charge on any atom is -0.496 e. The second-order valence-corrected chi connectivity index (χ2v) is 5.36. The summed E-state index contributed by atoms with van der Waals surface area (Å²) < 4.78 is 15.9. The number of carboxylic acid groups (broad SMARTS) is 1. The minimum atomic E-state index is -0.848. The van der Waals surface area contributed by atoms with Crippen LogP contribution in [0.2, 0.25) is 0 Å². The van der Waals surface area contributed by atoms with Gasteiger partial charge < -0.3 is 19.3 Å². The molecule has 2 rings (SSSR count). The van der Waals surface area contributed by atoms with Crippen molar-refractivity contribution in [3.63, 3.8) is 0 Å². The Kier molecular flexibility index (Phi) is 4.61. The van der Waals surface area contributed by atoms with Gasteiger partial charge in [0.15, 0.2) is 11.5 Å². The molecule has 1 heterocycles. The molecule has 20 heavy (non-hydrogen) atoms. The highest BCUT2D eigenvalue weighted by Gasteiger charge is 2.32. The summed E-state index contributed by atoms with van der Waals surface area (Å²) >= 11 is 1.53. The van der Waals surface area contributed by atoms with E-state index in [1.165, 1.54) is 11.8 Å². The van der Waals surface area contributed by atoms with Crippen LogP contribution in [-0.4, -0.2) is 44.2 Å². The molecule has 0 bridgehead atoms. The minimum absolute atomic E-state index is 0.147. The van der Waals surface area contributed by atoms with Crippen molar-refractivity contribution in [2.75, 3.05) is 27.1 Å². The summed E-state index contributed by atoms with van der Waals surface area (Å²) in [4.78, 5) is 11.0. The van der Waals surface area contributed by atoms with Gasteiger partial charge in [0, 0.05) is 17.4 Å². The Hall–Kier alpha value is -1.60. The van der Waals surface area contributed by atoms with Gasteiger partial charge in [0.25, 0.3) is 0 Å². The highest BCUT2D eigenvalue weighted by molar-refractivity contribution is 7.99. The molecule has 0 saturated carbocycles. The molecule has 110 valence electrons. The fraction of sp³-hybridized carbons (Fsp3) is 0.462. The number of ether oxygens (including phenoxy) is 3. The Bertz CT molecular complexity index is 508. The molecular weight excluding hydrogens is 282 g/mol. The van der Waals surface area contributed by atoms with Gasteiger partial charge in [-0.15, -0.1) is 11.8 Å². The van der Waals surface area contributed by atoms with E-state index in [4.69, 9.17) is 19.3 Å². The van der Waals surface area contributed by atoms with E-state index >= 15 is 0 Å². The molecule has 1 aromatic rings. The average molecular weight is 299 g/mol. The van der Waals surface area contributed by atoms with Crippen LogP contribution in [0.3, 0.4) is 0 Å². The molecule has 0 aliphatic carbocycles. The van der Waals surface area contributed by atoms with Crippen LogP contribution in [0.25, 0.3) is 0 Å². The lowest BCUT2D eigenvalue weighted by molar-refractivity contribution is -0.138. The zero-order valence-electron chi connectivity index (χ0n) is 11.5. The molecule has 2 atom stereocenters. The zero-order valence-corrected chi connectivity index (χ0v) is 12.3. The van der Waals surface area contributed by atoms with Crippen LogP contribution in [0.15, 0.2) is 12.1 Å². The summed E-state index contributed by atoms with van der Waals surface area (Å²) in [6.07, 6.45) is 0. The number of carbonyl (C=O) groups is 1. The Balaban J connectivity index is 2.33. The average Bonchev–Trinajstić information content (AvgIpc) is 2.95. The summed E-state index contributed by atoms with van der Waals surface area (Å²) in [6, 6.07) is 3.00. The standard InChI is InChI=1S/C13H17NO5S/c1-17-9-5-11(19-3)10(18-2)4-7(9)12-14-8(6-20-12)13(15)16/h4-5,8,12,14H,6H2,1-3H3,(H,15,16)/t8-,12-/m1/s1. The van der Waals surface area contributed by atoms with Gasteiger partial charge in [0.1, 0.15) is 11.8 Å². The number of hydrogen-bond acceptors (Lipinski definition) is 6. The molecule has 1 aliphatic rings. The first-order valence-corrected chi connectivity index (χ1v) is 7.06. The molecule has 0 aromatic heterocycles. The van der Waals surface area contributed by atoms with Crippen LogP contribution < -0.4 is 19.5 Å². The molecule has 0 unspecified atom stereocenters. The molecule has 2 N–H and O–H groups in total. The number of hydrogen-bond donors (Lipinski definition) is 2. The molecule has 6 nitrogen and oxygen atoms in total. The van der Waals surface area contributed by atoms with Gasteiger partial charge in [0.2, 0.25) is 0 Å². The van der Waals surface area contributed by atoms with E-state index in [0.717, 1.165) is 5.56 Å². The number of methoxy groups -OCH3 is 3. The van der Waals surface area contributed by atoms with Crippen molar-refractivity contribution in [2.24, 2.45) is 0 Å². The number of benzene rings is 1. The highest BCUT2D eigenvalue weighted by atomic mass is 32.2. The summed E-state index contributed by atoms with van der Waals surface area (Å²) in [5.41, 5.74) is 0.846. The number of rotatable bonds is 5. The number of aliphatic carboxylic acids is 1. The first-order chi connectivity index (χ1) is 9.60. The van der Waals surface area contributed by atoms with Gasteiger partial charge in [-0.1, -0.05) is 0 Å². The molecule has 0 radical (unpaired) electrons. The predicted molar refractivity (Wildman–Crippen MR) is 75.9 cm³/mol. The van der Waals surface area contributed by atoms with Crippen LogP contribution in [0, 0.1) is 0 Å². The topological polar surface area (TPSA) is 77.0 Å². The van der Waals surface area contributed by atoms with Crippen LogP contribution in [0.1, 0.15) is 10.9 Å². The number of thioether (sulfide) groups is 1. The Morgan fingerprint density at radius 2 is 1.80 bits per heavy atom. The maximum Gasteiger partial charge on any atom is 0.321 e. The van der Waals surface area contributed by atoms with Crippen molar-refractivity contribution in [1.82, 2.24) is 5.32 Å². The van der Waals surface area contributed by atoms with Crippen molar-refractivity contribution in [3.05, 3.63) is 17.7 Å². The Labute approximate surface area is 121 Å². The monoisotopic (exact) mass is 299 g/mol. The van der Waals surface area contributed by atoms with Gasteiger partial charge in [-0.25, -0.2) is 0 Å². The maximum atomic E-state index is 11.0. The summed E-state index contributed by atoms with van der Waals surface area (Å²) in [5, 5.41) is 11.9. The van der Waals surface area contributed by atoms with Crippen molar-refractivity contribution in [1.29, 1.82) is 0 Å². The summed E-state index contributed by atoms with van der Waals surface area (Å²) in [5.74, 6) is 1.46. The van der Waals surface area contributed by atoms with Gasteiger partial charge in [-0.3, -0.25) is 10.1 Å². The SMILES string of the molecule is COc1cc(OC)c([C@@H]2N[C@@H](C(=O)O)CS2)cc1OC. The smallest absolute Gasteiger partial charge is 0.321 e. The lowest BCUT2D eigenvalue weighted by Crippen LogP contribution is -2.33. The first kappa shape index (κ1) is 14.8. The van der Waals surface area contributed by atoms with E-state index < -0.39 is 12.0 Å². The van der Waals surface area contributed by atoms with Crippen LogP contribution in [0.4, 0.5) is 0 Å². The molecular formula is C13H17NO5S. The van der Waals surface area contributed by atoms with Crippen molar-refractivity contribution >= 4 is 17.7 Å². The third-order valence-corrected chi connectivity index (χ3v) is 4.35. The zero-order chi connectivity index (χ0) is 14.7. The molecule has 7 heteroatoms. The van der Waals surface area contributed by atoms with Gasteiger partial charge in [-0.2, -0.15) is 0 Å². The summed E-state index contributed by atoms with van der Waals surface area (Å²) in [6.45, 7) is 0. The van der Waals surface area contributed by atoms with Crippen molar-refractivity contribution in [2.45, 2.75) is 11.4 Å².